The van der Waals surface area contributed by atoms with E-state index in [2.05, 4.69) is 21.4 Å². The van der Waals surface area contributed by atoms with Crippen molar-refractivity contribution in [3.8, 4) is 28.3 Å². The van der Waals surface area contributed by atoms with Crippen molar-refractivity contribution in [1.29, 1.82) is 0 Å². The van der Waals surface area contributed by atoms with E-state index in [-0.39, 0.29) is 1.43 Å². The van der Waals surface area contributed by atoms with Gasteiger partial charge in [-0.2, -0.15) is 0 Å². The van der Waals surface area contributed by atoms with Crippen LogP contribution >= 0.6 is 0 Å². The van der Waals surface area contributed by atoms with Crippen molar-refractivity contribution >= 4 is 11.5 Å². The van der Waals surface area contributed by atoms with Crippen LogP contribution in [0.3, 0.4) is 0 Å². The van der Waals surface area contributed by atoms with Gasteiger partial charge in [0.2, 0.25) is 5.78 Å². The number of rotatable bonds is 4. The van der Waals surface area contributed by atoms with E-state index in [4.69, 9.17) is 9.72 Å². The molecule has 3 aromatic heterocycles. The summed E-state index contributed by atoms with van der Waals surface area (Å²) < 4.78 is 7.43. The molecular formula is C20H21N5O. The van der Waals surface area contributed by atoms with Gasteiger partial charge in [0, 0.05) is 43.9 Å². The highest BCUT2D eigenvalue weighted by Gasteiger charge is 2.18. The molecule has 0 bridgehead atoms. The third kappa shape index (κ3) is 2.65. The van der Waals surface area contributed by atoms with Crippen LogP contribution in [0.2, 0.25) is 0 Å². The second kappa shape index (κ2) is 6.48. The van der Waals surface area contributed by atoms with E-state index in [1.165, 1.54) is 0 Å². The Morgan fingerprint density at radius 3 is 2.73 bits per heavy atom. The maximum absolute atomic E-state index is 5.42. The molecule has 0 saturated carbocycles. The van der Waals surface area contributed by atoms with E-state index < -0.39 is 0 Å². The number of methoxy groups -OCH3 is 1. The van der Waals surface area contributed by atoms with E-state index in [9.17, 15) is 0 Å². The van der Waals surface area contributed by atoms with Crippen molar-refractivity contribution in [2.75, 3.05) is 19.5 Å². The van der Waals surface area contributed by atoms with Crippen LogP contribution in [0.5, 0.6) is 5.75 Å². The number of aromatic nitrogens is 4. The Morgan fingerprint density at radius 1 is 1.08 bits per heavy atom. The molecule has 0 aliphatic carbocycles. The molecule has 3 heterocycles. The quantitative estimate of drug-likeness (QED) is 0.603. The lowest BCUT2D eigenvalue weighted by molar-refractivity contribution is 0.416. The highest BCUT2D eigenvalue weighted by Crippen LogP contribution is 2.36. The molecule has 6 nitrogen and oxygen atoms in total. The maximum Gasteiger partial charge on any atom is 0.234 e. The largest absolute Gasteiger partial charge is 0.495 e. The molecule has 1 N–H and O–H groups in total. The van der Waals surface area contributed by atoms with Crippen molar-refractivity contribution < 1.29 is 6.16 Å². The number of nitrogens with one attached hydrogen (secondary N) is 1. The number of aryl methyl sites for hydroxylation is 1. The number of hydrogen-bond donors (Lipinski definition) is 1. The molecule has 26 heavy (non-hydrogen) atoms. The summed E-state index contributed by atoms with van der Waals surface area (Å²) in [5.74, 6) is 1.46. The highest BCUT2D eigenvalue weighted by molar-refractivity contribution is 5.83. The van der Waals surface area contributed by atoms with E-state index in [1.807, 2.05) is 54.9 Å². The fraction of sp³-hybridized carbons (Fsp3) is 0.150. The predicted molar refractivity (Wildman–Crippen MR) is 105 cm³/mol. The van der Waals surface area contributed by atoms with E-state index in [0.717, 1.165) is 39.6 Å². The topological polar surface area (TPSA) is 64.3 Å². The molecule has 0 aliphatic rings. The zero-order valence-corrected chi connectivity index (χ0v) is 14.9. The first-order chi connectivity index (χ1) is 12.7. The standard InChI is InChI=1S/C20H19N5O.H2/c1-13-11-14(7-9-22-13)18-19(25-10-4-8-23-20(25)24-18)15-5-6-17(26-3)16(12-15)21-2;/h4-12,21H,1-3H3;1H. The minimum absolute atomic E-state index is 0. The van der Waals surface area contributed by atoms with Crippen molar-refractivity contribution in [2.24, 2.45) is 0 Å². The summed E-state index contributed by atoms with van der Waals surface area (Å²) in [6.45, 7) is 1.98. The maximum atomic E-state index is 5.42. The summed E-state index contributed by atoms with van der Waals surface area (Å²) in [6, 6.07) is 12.0. The van der Waals surface area contributed by atoms with Gasteiger partial charge in [-0.25, -0.2) is 9.97 Å². The van der Waals surface area contributed by atoms with Gasteiger partial charge in [-0.3, -0.25) is 9.38 Å². The monoisotopic (exact) mass is 347 g/mol. The number of nitrogens with zero attached hydrogens (tertiary/aromatic N) is 4. The van der Waals surface area contributed by atoms with Crippen LogP contribution in [0, 0.1) is 6.92 Å². The number of hydrogen-bond acceptors (Lipinski definition) is 5. The minimum atomic E-state index is 0. The van der Waals surface area contributed by atoms with E-state index in [1.54, 1.807) is 19.5 Å². The van der Waals surface area contributed by atoms with Gasteiger partial charge in [0.05, 0.1) is 24.2 Å². The van der Waals surface area contributed by atoms with Gasteiger partial charge in [0.25, 0.3) is 0 Å². The Labute approximate surface area is 153 Å². The molecule has 0 atom stereocenters. The van der Waals surface area contributed by atoms with Gasteiger partial charge >= 0.3 is 0 Å². The molecule has 0 aliphatic heterocycles. The Hall–Kier alpha value is -3.41. The Kier molecular flexibility index (Phi) is 4.01. The van der Waals surface area contributed by atoms with Crippen LogP contribution in [0.1, 0.15) is 7.12 Å². The summed E-state index contributed by atoms with van der Waals surface area (Å²) >= 11 is 0. The van der Waals surface area contributed by atoms with Crippen LogP contribution < -0.4 is 10.1 Å². The second-order valence-electron chi connectivity index (χ2n) is 5.95. The third-order valence-corrected chi connectivity index (χ3v) is 4.32. The molecule has 0 saturated heterocycles. The summed E-state index contributed by atoms with van der Waals surface area (Å²) in [6.07, 6.45) is 5.53. The summed E-state index contributed by atoms with van der Waals surface area (Å²) in [5, 5.41) is 3.18. The van der Waals surface area contributed by atoms with Crippen LogP contribution in [-0.2, 0) is 0 Å². The van der Waals surface area contributed by atoms with Crippen molar-refractivity contribution in [1.82, 2.24) is 19.4 Å². The minimum Gasteiger partial charge on any atom is -0.495 e. The van der Waals surface area contributed by atoms with E-state index >= 15 is 0 Å². The zero-order valence-electron chi connectivity index (χ0n) is 14.9. The molecule has 132 valence electrons. The highest BCUT2D eigenvalue weighted by atomic mass is 16.5. The molecule has 0 amide bonds. The zero-order chi connectivity index (χ0) is 18.1. The molecular weight excluding hydrogens is 326 g/mol. The smallest absolute Gasteiger partial charge is 0.234 e. The number of benzene rings is 1. The lowest BCUT2D eigenvalue weighted by Crippen LogP contribution is -1.96. The fourth-order valence-corrected chi connectivity index (χ4v) is 3.11. The van der Waals surface area contributed by atoms with Crippen molar-refractivity contribution in [2.45, 2.75) is 6.92 Å². The number of fused-ring (bicyclic) bond motifs is 1. The first-order valence-corrected chi connectivity index (χ1v) is 8.33. The molecule has 4 aromatic rings. The van der Waals surface area contributed by atoms with Gasteiger partial charge in [0.15, 0.2) is 0 Å². The third-order valence-electron chi connectivity index (χ3n) is 4.32. The summed E-state index contributed by atoms with van der Waals surface area (Å²) in [4.78, 5) is 13.5. The van der Waals surface area contributed by atoms with Gasteiger partial charge in [-0.05, 0) is 43.3 Å². The molecule has 0 radical (unpaired) electrons. The molecule has 0 unspecified atom stereocenters. The lowest BCUT2D eigenvalue weighted by Gasteiger charge is -2.11. The van der Waals surface area contributed by atoms with Crippen LogP contribution in [-0.4, -0.2) is 33.5 Å². The van der Waals surface area contributed by atoms with Crippen molar-refractivity contribution in [3.05, 3.63) is 60.7 Å². The molecule has 1 aromatic carbocycles. The Morgan fingerprint density at radius 2 is 1.96 bits per heavy atom. The summed E-state index contributed by atoms with van der Waals surface area (Å²) in [5.41, 5.74) is 5.77. The number of imidazole rings is 1. The molecule has 0 spiro atoms. The van der Waals surface area contributed by atoms with Gasteiger partial charge in [0.1, 0.15) is 5.75 Å². The number of pyridine rings is 1. The first kappa shape index (κ1) is 16.1. The lowest BCUT2D eigenvalue weighted by atomic mass is 10.0. The first-order valence-electron chi connectivity index (χ1n) is 8.33. The van der Waals surface area contributed by atoms with E-state index in [0.29, 0.717) is 5.78 Å². The summed E-state index contributed by atoms with van der Waals surface area (Å²) in [7, 11) is 3.55. The van der Waals surface area contributed by atoms with Gasteiger partial charge in [-0.1, -0.05) is 0 Å². The molecule has 4 rings (SSSR count). The molecule has 6 heteroatoms. The second-order valence-corrected chi connectivity index (χ2v) is 5.95. The predicted octanol–water partition coefficient (Wildman–Crippen LogP) is 4.06. The average molecular weight is 347 g/mol. The Bertz CT molecular complexity index is 1090. The van der Waals surface area contributed by atoms with Crippen LogP contribution in [0.4, 0.5) is 5.69 Å². The SMILES string of the molecule is CNc1cc(-c2c(-c3ccnc(C)c3)nc3ncccn23)ccc1OC.[HH]. The number of anilines is 1. The molecule has 0 fully saturated rings. The Balaban J connectivity index is 0.00000210. The normalized spacial score (nSPS) is 10.9. The van der Waals surface area contributed by atoms with Gasteiger partial charge in [-0.15, -0.1) is 0 Å². The number of ether oxygens (including phenoxy) is 1. The van der Waals surface area contributed by atoms with Crippen LogP contribution in [0.15, 0.2) is 55.0 Å². The van der Waals surface area contributed by atoms with Crippen molar-refractivity contribution in [3.63, 3.8) is 0 Å². The van der Waals surface area contributed by atoms with Gasteiger partial charge < -0.3 is 10.1 Å². The van der Waals surface area contributed by atoms with Crippen LogP contribution in [0.25, 0.3) is 28.3 Å². The fourth-order valence-electron chi connectivity index (χ4n) is 3.11. The average Bonchev–Trinajstić information content (AvgIpc) is 3.07.